The molecule has 4 nitrogen and oxygen atoms in total. The van der Waals surface area contributed by atoms with E-state index in [1.165, 1.54) is 29.9 Å². The van der Waals surface area contributed by atoms with E-state index in [9.17, 15) is 9.59 Å². The van der Waals surface area contributed by atoms with Crippen molar-refractivity contribution < 1.29 is 4.79 Å². The summed E-state index contributed by atoms with van der Waals surface area (Å²) in [4.78, 5) is 23.5. The highest BCUT2D eigenvalue weighted by Crippen LogP contribution is 2.06. The first-order valence-electron chi connectivity index (χ1n) is 7.18. The Hall–Kier alpha value is -1.10. The van der Waals surface area contributed by atoms with Gasteiger partial charge in [-0.1, -0.05) is 32.6 Å². The molecule has 1 amide bonds. The first-order chi connectivity index (χ1) is 9.52. The zero-order chi connectivity index (χ0) is 15.0. The molecule has 0 aliphatic rings. The van der Waals surface area contributed by atoms with E-state index in [2.05, 4.69) is 28.2 Å². The van der Waals surface area contributed by atoms with Crippen molar-refractivity contribution in [1.29, 1.82) is 0 Å². The van der Waals surface area contributed by atoms with E-state index in [0.29, 0.717) is 0 Å². The SMILES string of the molecule is CCCCCC[C@@H](C)NC(=O)Cn1cc(Br)ccc1=O. The van der Waals surface area contributed by atoms with E-state index in [-0.39, 0.29) is 24.1 Å². The van der Waals surface area contributed by atoms with Crippen LogP contribution in [0.1, 0.15) is 46.0 Å². The molecule has 1 atom stereocenters. The molecule has 1 rings (SSSR count). The molecule has 0 aromatic carbocycles. The smallest absolute Gasteiger partial charge is 0.251 e. The number of carbonyl (C=O) groups is 1. The lowest BCUT2D eigenvalue weighted by molar-refractivity contribution is -0.122. The second-order valence-corrected chi connectivity index (χ2v) is 6.05. The van der Waals surface area contributed by atoms with Gasteiger partial charge in [0.15, 0.2) is 0 Å². The average Bonchev–Trinajstić information content (AvgIpc) is 2.39. The summed E-state index contributed by atoms with van der Waals surface area (Å²) in [6.45, 7) is 4.26. The van der Waals surface area contributed by atoms with E-state index >= 15 is 0 Å². The largest absolute Gasteiger partial charge is 0.352 e. The topological polar surface area (TPSA) is 51.1 Å². The molecule has 0 saturated heterocycles. The lowest BCUT2D eigenvalue weighted by Crippen LogP contribution is -2.37. The first kappa shape index (κ1) is 17.0. The first-order valence-corrected chi connectivity index (χ1v) is 7.97. The van der Waals surface area contributed by atoms with Gasteiger partial charge in [0.2, 0.25) is 5.91 Å². The van der Waals surface area contributed by atoms with Crippen molar-refractivity contribution in [3.8, 4) is 0 Å². The minimum Gasteiger partial charge on any atom is -0.352 e. The Morgan fingerprint density at radius 1 is 1.35 bits per heavy atom. The van der Waals surface area contributed by atoms with Crippen molar-refractivity contribution in [2.24, 2.45) is 0 Å². The maximum Gasteiger partial charge on any atom is 0.251 e. The summed E-state index contributed by atoms with van der Waals surface area (Å²) >= 11 is 3.29. The van der Waals surface area contributed by atoms with Gasteiger partial charge in [-0.15, -0.1) is 0 Å². The van der Waals surface area contributed by atoms with Gasteiger partial charge in [0, 0.05) is 22.8 Å². The molecule has 1 heterocycles. The molecule has 0 fully saturated rings. The molecule has 0 bridgehead atoms. The molecule has 0 saturated carbocycles. The standard InChI is InChI=1S/C15H23BrN2O2/c1-3-4-5-6-7-12(2)17-14(19)11-18-10-13(16)8-9-15(18)20/h8-10,12H,3-7,11H2,1-2H3,(H,17,19)/t12-/m1/s1. The fraction of sp³-hybridized carbons (Fsp3) is 0.600. The average molecular weight is 343 g/mol. The number of amides is 1. The van der Waals surface area contributed by atoms with Crippen LogP contribution in [0, 0.1) is 0 Å². The molecule has 0 aliphatic carbocycles. The molecule has 20 heavy (non-hydrogen) atoms. The van der Waals surface area contributed by atoms with Gasteiger partial charge in [0.25, 0.3) is 5.56 Å². The highest BCUT2D eigenvalue weighted by molar-refractivity contribution is 9.10. The fourth-order valence-electron chi connectivity index (χ4n) is 2.05. The summed E-state index contributed by atoms with van der Waals surface area (Å²) in [6, 6.07) is 3.28. The van der Waals surface area contributed by atoms with E-state index in [4.69, 9.17) is 0 Å². The van der Waals surface area contributed by atoms with Crippen LogP contribution < -0.4 is 10.9 Å². The maximum atomic E-state index is 11.9. The normalized spacial score (nSPS) is 12.2. The van der Waals surface area contributed by atoms with E-state index in [1.807, 2.05) is 6.92 Å². The molecule has 0 unspecified atom stereocenters. The molecule has 1 aromatic rings. The number of aromatic nitrogens is 1. The minimum absolute atomic E-state index is 0.0670. The molecule has 1 aromatic heterocycles. The van der Waals surface area contributed by atoms with Gasteiger partial charge < -0.3 is 9.88 Å². The van der Waals surface area contributed by atoms with Crippen molar-refractivity contribution in [2.75, 3.05) is 0 Å². The maximum absolute atomic E-state index is 11.9. The van der Waals surface area contributed by atoms with Crippen molar-refractivity contribution in [3.05, 3.63) is 33.2 Å². The van der Waals surface area contributed by atoms with Crippen LogP contribution in [0.2, 0.25) is 0 Å². The van der Waals surface area contributed by atoms with Gasteiger partial charge in [-0.3, -0.25) is 9.59 Å². The van der Waals surface area contributed by atoms with Gasteiger partial charge in [-0.25, -0.2) is 0 Å². The number of nitrogens with one attached hydrogen (secondary N) is 1. The Morgan fingerprint density at radius 2 is 2.10 bits per heavy atom. The highest BCUT2D eigenvalue weighted by Gasteiger charge is 2.08. The van der Waals surface area contributed by atoms with Crippen LogP contribution in [0.5, 0.6) is 0 Å². The molecule has 112 valence electrons. The van der Waals surface area contributed by atoms with E-state index in [1.54, 1.807) is 12.3 Å². The summed E-state index contributed by atoms with van der Waals surface area (Å²) in [7, 11) is 0. The van der Waals surface area contributed by atoms with Crippen molar-refractivity contribution in [3.63, 3.8) is 0 Å². The fourth-order valence-corrected chi connectivity index (χ4v) is 2.43. The zero-order valence-electron chi connectivity index (χ0n) is 12.2. The van der Waals surface area contributed by atoms with Gasteiger partial charge >= 0.3 is 0 Å². The number of nitrogens with zero attached hydrogens (tertiary/aromatic N) is 1. The van der Waals surface area contributed by atoms with Crippen molar-refractivity contribution >= 4 is 21.8 Å². The number of rotatable bonds is 8. The lowest BCUT2D eigenvalue weighted by Gasteiger charge is -2.14. The van der Waals surface area contributed by atoms with Crippen LogP contribution >= 0.6 is 15.9 Å². The molecule has 1 N–H and O–H groups in total. The summed E-state index contributed by atoms with van der Waals surface area (Å²) in [5.74, 6) is -0.117. The molecule has 0 aliphatic heterocycles. The molecule has 5 heteroatoms. The summed E-state index contributed by atoms with van der Waals surface area (Å²) in [5, 5.41) is 2.94. The third kappa shape index (κ3) is 6.37. The Morgan fingerprint density at radius 3 is 2.80 bits per heavy atom. The van der Waals surface area contributed by atoms with Crippen molar-refractivity contribution in [2.45, 2.75) is 58.5 Å². The van der Waals surface area contributed by atoms with Gasteiger partial charge in [-0.05, 0) is 35.3 Å². The number of carbonyl (C=O) groups excluding carboxylic acids is 1. The monoisotopic (exact) mass is 342 g/mol. The van der Waals surface area contributed by atoms with Crippen LogP contribution in [0.25, 0.3) is 0 Å². The predicted octanol–water partition coefficient (Wildman–Crippen LogP) is 3.09. The Kier molecular flexibility index (Phi) is 7.59. The lowest BCUT2D eigenvalue weighted by atomic mass is 10.1. The van der Waals surface area contributed by atoms with E-state index < -0.39 is 0 Å². The number of pyridine rings is 1. The summed E-state index contributed by atoms with van der Waals surface area (Å²) in [6.07, 6.45) is 7.42. The Labute approximate surface area is 128 Å². The third-order valence-corrected chi connectivity index (χ3v) is 3.63. The highest BCUT2D eigenvalue weighted by atomic mass is 79.9. The van der Waals surface area contributed by atoms with Gasteiger partial charge in [0.1, 0.15) is 6.54 Å². The van der Waals surface area contributed by atoms with E-state index in [0.717, 1.165) is 17.3 Å². The second-order valence-electron chi connectivity index (χ2n) is 5.13. The summed E-state index contributed by atoms with van der Waals surface area (Å²) in [5.41, 5.74) is -0.168. The van der Waals surface area contributed by atoms with Crippen molar-refractivity contribution in [1.82, 2.24) is 9.88 Å². The summed E-state index contributed by atoms with van der Waals surface area (Å²) < 4.78 is 2.20. The van der Waals surface area contributed by atoms with Crippen LogP contribution in [-0.2, 0) is 11.3 Å². The number of hydrogen-bond donors (Lipinski definition) is 1. The van der Waals surface area contributed by atoms with Crippen LogP contribution in [-0.4, -0.2) is 16.5 Å². The van der Waals surface area contributed by atoms with Crippen LogP contribution in [0.4, 0.5) is 0 Å². The molecular formula is C15H23BrN2O2. The zero-order valence-corrected chi connectivity index (χ0v) is 13.8. The number of halogens is 1. The van der Waals surface area contributed by atoms with Crippen LogP contribution in [0.15, 0.2) is 27.6 Å². The predicted molar refractivity (Wildman–Crippen MR) is 84.8 cm³/mol. The Bertz CT molecular complexity index is 485. The minimum atomic E-state index is -0.168. The quantitative estimate of drug-likeness (QED) is 0.738. The number of unbranched alkanes of at least 4 members (excludes halogenated alkanes) is 3. The van der Waals surface area contributed by atoms with Gasteiger partial charge in [-0.2, -0.15) is 0 Å². The number of hydrogen-bond acceptors (Lipinski definition) is 2. The molecular weight excluding hydrogens is 320 g/mol. The van der Waals surface area contributed by atoms with Gasteiger partial charge in [0.05, 0.1) is 0 Å². The third-order valence-electron chi connectivity index (χ3n) is 3.16. The molecule has 0 spiro atoms. The van der Waals surface area contributed by atoms with Crippen LogP contribution in [0.3, 0.4) is 0 Å². The second kappa shape index (κ2) is 8.95. The Balaban J connectivity index is 2.39. The molecule has 0 radical (unpaired) electrons.